The van der Waals surface area contributed by atoms with Crippen LogP contribution in [0.3, 0.4) is 0 Å². The molecule has 1 aromatic heterocycles. The summed E-state index contributed by atoms with van der Waals surface area (Å²) >= 11 is 3.42. The Morgan fingerprint density at radius 3 is 2.58 bits per heavy atom. The van der Waals surface area contributed by atoms with E-state index in [2.05, 4.69) is 46.7 Å². The first kappa shape index (κ1) is 9.65. The molecule has 0 aromatic carbocycles. The highest BCUT2D eigenvalue weighted by molar-refractivity contribution is 9.10. The lowest BCUT2D eigenvalue weighted by Crippen LogP contribution is -2.11. The third-order valence-corrected chi connectivity index (χ3v) is 2.10. The van der Waals surface area contributed by atoms with E-state index < -0.39 is 0 Å². The van der Waals surface area contributed by atoms with Gasteiger partial charge >= 0.3 is 0 Å². The third kappa shape index (κ3) is 2.89. The molecule has 0 bridgehead atoms. The predicted molar refractivity (Wildman–Crippen MR) is 52.9 cm³/mol. The van der Waals surface area contributed by atoms with Crippen LogP contribution in [0, 0.1) is 5.41 Å². The molecule has 0 fully saturated rings. The van der Waals surface area contributed by atoms with Gasteiger partial charge in [-0.15, -0.1) is 0 Å². The Morgan fingerprint density at radius 1 is 1.42 bits per heavy atom. The van der Waals surface area contributed by atoms with E-state index in [1.807, 2.05) is 0 Å². The van der Waals surface area contributed by atoms with E-state index >= 15 is 0 Å². The van der Waals surface area contributed by atoms with Crippen molar-refractivity contribution in [2.45, 2.75) is 27.2 Å². The topological polar surface area (TPSA) is 25.8 Å². The van der Waals surface area contributed by atoms with Crippen LogP contribution in [0.1, 0.15) is 26.5 Å². The van der Waals surface area contributed by atoms with Gasteiger partial charge in [0.2, 0.25) is 0 Å². The van der Waals surface area contributed by atoms with Crippen LogP contribution < -0.4 is 0 Å². The molecule has 0 spiro atoms. The molecular formula is C9H13BrN2. The van der Waals surface area contributed by atoms with Crippen LogP contribution in [0.15, 0.2) is 17.0 Å². The van der Waals surface area contributed by atoms with Crippen molar-refractivity contribution in [1.29, 1.82) is 0 Å². The maximum absolute atomic E-state index is 4.21. The maximum atomic E-state index is 4.21. The van der Waals surface area contributed by atoms with E-state index in [1.165, 1.54) is 0 Å². The van der Waals surface area contributed by atoms with Gasteiger partial charge in [-0.3, -0.25) is 0 Å². The monoisotopic (exact) mass is 228 g/mol. The Balaban J connectivity index is 2.83. The van der Waals surface area contributed by atoms with E-state index in [0.29, 0.717) is 0 Å². The fraction of sp³-hybridized carbons (Fsp3) is 0.556. The van der Waals surface area contributed by atoms with Gasteiger partial charge in [0.1, 0.15) is 6.33 Å². The molecule has 1 heterocycles. The van der Waals surface area contributed by atoms with Gasteiger partial charge in [-0.1, -0.05) is 20.8 Å². The summed E-state index contributed by atoms with van der Waals surface area (Å²) in [5, 5.41) is 0. The molecule has 0 saturated heterocycles. The van der Waals surface area contributed by atoms with Gasteiger partial charge in [-0.2, -0.15) is 0 Å². The molecule has 1 rings (SSSR count). The van der Waals surface area contributed by atoms with E-state index in [4.69, 9.17) is 0 Å². The van der Waals surface area contributed by atoms with Crippen LogP contribution in [0.5, 0.6) is 0 Å². The molecule has 0 amide bonds. The van der Waals surface area contributed by atoms with E-state index in [1.54, 1.807) is 12.5 Å². The van der Waals surface area contributed by atoms with Crippen molar-refractivity contribution < 1.29 is 0 Å². The molecule has 0 aliphatic rings. The average molecular weight is 229 g/mol. The summed E-state index contributed by atoms with van der Waals surface area (Å²) < 4.78 is 1.000. The Bertz CT molecular complexity index is 265. The van der Waals surface area contributed by atoms with Crippen molar-refractivity contribution >= 4 is 15.9 Å². The van der Waals surface area contributed by atoms with Gasteiger partial charge in [0, 0.05) is 6.20 Å². The van der Waals surface area contributed by atoms with Gasteiger partial charge in [-0.25, -0.2) is 9.97 Å². The Morgan fingerprint density at radius 2 is 2.08 bits per heavy atom. The summed E-state index contributed by atoms with van der Waals surface area (Å²) in [5.74, 6) is 0. The second-order valence-electron chi connectivity index (χ2n) is 4.05. The highest BCUT2D eigenvalue weighted by Crippen LogP contribution is 2.23. The largest absolute Gasteiger partial charge is 0.244 e. The molecule has 66 valence electrons. The molecule has 3 heteroatoms. The average Bonchev–Trinajstić information content (AvgIpc) is 1.91. The second kappa shape index (κ2) is 3.52. The van der Waals surface area contributed by atoms with Crippen LogP contribution in [-0.2, 0) is 6.42 Å². The third-order valence-electron chi connectivity index (χ3n) is 1.44. The van der Waals surface area contributed by atoms with Gasteiger partial charge in [0.15, 0.2) is 0 Å². The highest BCUT2D eigenvalue weighted by atomic mass is 79.9. The molecule has 0 radical (unpaired) electrons. The summed E-state index contributed by atoms with van der Waals surface area (Å²) in [7, 11) is 0. The predicted octanol–water partition coefficient (Wildman–Crippen LogP) is 2.83. The van der Waals surface area contributed by atoms with Crippen molar-refractivity contribution in [3.05, 3.63) is 22.7 Å². The Kier molecular flexibility index (Phi) is 2.83. The van der Waals surface area contributed by atoms with Gasteiger partial charge in [0.25, 0.3) is 0 Å². The van der Waals surface area contributed by atoms with Crippen LogP contribution in [0.25, 0.3) is 0 Å². The number of rotatable bonds is 1. The summed E-state index contributed by atoms with van der Waals surface area (Å²) in [6.45, 7) is 6.59. The molecule has 2 nitrogen and oxygen atoms in total. The first-order valence-corrected chi connectivity index (χ1v) is 4.73. The number of halogens is 1. The Hall–Kier alpha value is -0.440. The lowest BCUT2D eigenvalue weighted by molar-refractivity contribution is 0.405. The molecular weight excluding hydrogens is 216 g/mol. The number of aromatic nitrogens is 2. The van der Waals surface area contributed by atoms with Crippen molar-refractivity contribution in [3.8, 4) is 0 Å². The zero-order valence-electron chi connectivity index (χ0n) is 7.63. The Labute approximate surface area is 81.6 Å². The van der Waals surface area contributed by atoms with E-state index in [0.717, 1.165) is 16.6 Å². The van der Waals surface area contributed by atoms with Crippen molar-refractivity contribution in [3.63, 3.8) is 0 Å². The summed E-state index contributed by atoms with van der Waals surface area (Å²) in [4.78, 5) is 8.12. The lowest BCUT2D eigenvalue weighted by Gasteiger charge is -2.17. The molecule has 0 unspecified atom stereocenters. The molecule has 0 N–H and O–H groups in total. The molecule has 12 heavy (non-hydrogen) atoms. The highest BCUT2D eigenvalue weighted by Gasteiger charge is 2.13. The summed E-state index contributed by atoms with van der Waals surface area (Å²) in [6.07, 6.45) is 4.34. The van der Waals surface area contributed by atoms with Crippen LogP contribution in [0.2, 0.25) is 0 Å². The first-order valence-electron chi connectivity index (χ1n) is 3.93. The molecule has 0 saturated carbocycles. The molecule has 0 atom stereocenters. The fourth-order valence-corrected chi connectivity index (χ4v) is 1.33. The molecule has 1 aromatic rings. The summed E-state index contributed by atoms with van der Waals surface area (Å²) in [5.41, 5.74) is 1.36. The number of hydrogen-bond donors (Lipinski definition) is 0. The number of hydrogen-bond acceptors (Lipinski definition) is 2. The minimum atomic E-state index is 0.275. The maximum Gasteiger partial charge on any atom is 0.115 e. The quantitative estimate of drug-likeness (QED) is 0.739. The molecule has 0 aliphatic heterocycles. The van der Waals surface area contributed by atoms with Gasteiger partial charge in [-0.05, 0) is 27.8 Å². The normalized spacial score (nSPS) is 11.7. The van der Waals surface area contributed by atoms with Crippen LogP contribution in [-0.4, -0.2) is 9.97 Å². The SMILES string of the molecule is CC(C)(C)Cc1ncncc1Br. The number of nitrogens with zero attached hydrogens (tertiary/aromatic N) is 2. The lowest BCUT2D eigenvalue weighted by atomic mass is 9.90. The van der Waals surface area contributed by atoms with Gasteiger partial charge < -0.3 is 0 Å². The summed E-state index contributed by atoms with van der Waals surface area (Å²) in [6, 6.07) is 0. The van der Waals surface area contributed by atoms with E-state index in [-0.39, 0.29) is 5.41 Å². The van der Waals surface area contributed by atoms with Gasteiger partial charge in [0.05, 0.1) is 10.2 Å². The van der Waals surface area contributed by atoms with Crippen LogP contribution >= 0.6 is 15.9 Å². The van der Waals surface area contributed by atoms with Crippen molar-refractivity contribution in [1.82, 2.24) is 9.97 Å². The standard InChI is InChI=1S/C9H13BrN2/c1-9(2,3)4-8-7(10)5-11-6-12-8/h5-6H,4H2,1-3H3. The van der Waals surface area contributed by atoms with Crippen molar-refractivity contribution in [2.75, 3.05) is 0 Å². The van der Waals surface area contributed by atoms with Crippen LogP contribution in [0.4, 0.5) is 0 Å². The van der Waals surface area contributed by atoms with Crippen molar-refractivity contribution in [2.24, 2.45) is 5.41 Å². The first-order chi connectivity index (χ1) is 5.49. The fourth-order valence-electron chi connectivity index (χ4n) is 0.970. The minimum Gasteiger partial charge on any atom is -0.244 e. The zero-order chi connectivity index (χ0) is 9.19. The minimum absolute atomic E-state index is 0.275. The second-order valence-corrected chi connectivity index (χ2v) is 4.91. The zero-order valence-corrected chi connectivity index (χ0v) is 9.22. The smallest absolute Gasteiger partial charge is 0.115 e. The van der Waals surface area contributed by atoms with E-state index in [9.17, 15) is 0 Å². The molecule has 0 aliphatic carbocycles.